The van der Waals surface area contributed by atoms with E-state index in [1.165, 1.54) is 5.69 Å². The van der Waals surface area contributed by atoms with Gasteiger partial charge in [0.2, 0.25) is 0 Å². The second-order valence-electron chi connectivity index (χ2n) is 5.37. The minimum Gasteiger partial charge on any atom is -0.389 e. The summed E-state index contributed by atoms with van der Waals surface area (Å²) in [4.78, 5) is 10.8. The number of pyridine rings is 2. The molecule has 3 heterocycles. The van der Waals surface area contributed by atoms with E-state index in [2.05, 4.69) is 20.9 Å². The van der Waals surface area contributed by atoms with E-state index in [4.69, 9.17) is 0 Å². The highest BCUT2D eigenvalue weighted by Crippen LogP contribution is 2.31. The van der Waals surface area contributed by atoms with Gasteiger partial charge in [-0.15, -0.1) is 0 Å². The lowest BCUT2D eigenvalue weighted by Gasteiger charge is -2.39. The molecule has 1 N–H and O–H groups in total. The third-order valence-electron chi connectivity index (χ3n) is 3.97. The van der Waals surface area contributed by atoms with Crippen molar-refractivity contribution in [3.63, 3.8) is 0 Å². The van der Waals surface area contributed by atoms with E-state index in [-0.39, 0.29) is 0 Å². The fourth-order valence-corrected chi connectivity index (χ4v) is 3.66. The van der Waals surface area contributed by atoms with Gasteiger partial charge in [-0.3, -0.25) is 9.97 Å². The Morgan fingerprint density at radius 1 is 1.30 bits per heavy atom. The Balaban J connectivity index is 1.84. The quantitative estimate of drug-likeness (QED) is 0.939. The molecule has 1 saturated heterocycles. The second-order valence-corrected chi connectivity index (χ2v) is 6.23. The van der Waals surface area contributed by atoms with Crippen molar-refractivity contribution in [2.75, 3.05) is 30.0 Å². The maximum atomic E-state index is 10.5. The number of piperidine rings is 1. The van der Waals surface area contributed by atoms with Crippen molar-refractivity contribution >= 4 is 28.4 Å². The van der Waals surface area contributed by atoms with E-state index in [0.717, 1.165) is 42.6 Å². The summed E-state index contributed by atoms with van der Waals surface area (Å²) in [5, 5.41) is 11.6. The Kier molecular flexibility index (Phi) is 3.81. The first kappa shape index (κ1) is 13.6. The summed E-state index contributed by atoms with van der Waals surface area (Å²) < 4.78 is 0. The van der Waals surface area contributed by atoms with Crippen LogP contribution in [0.15, 0.2) is 30.7 Å². The fourth-order valence-electron chi connectivity index (χ4n) is 2.84. The molecule has 1 aliphatic heterocycles. The van der Waals surface area contributed by atoms with Crippen LogP contribution in [0.5, 0.6) is 0 Å². The summed E-state index contributed by atoms with van der Waals surface area (Å²) in [6.07, 6.45) is 9.13. The van der Waals surface area contributed by atoms with Crippen molar-refractivity contribution in [1.29, 1.82) is 0 Å². The number of anilines is 1. The van der Waals surface area contributed by atoms with Crippen molar-refractivity contribution in [1.82, 2.24) is 9.97 Å². The number of thioether (sulfide) groups is 1. The number of aromatic nitrogens is 2. The van der Waals surface area contributed by atoms with Gasteiger partial charge < -0.3 is 10.0 Å². The average molecular weight is 289 g/mol. The maximum Gasteiger partial charge on any atom is 0.0905 e. The molecular formula is C15H19N3OS. The number of nitrogens with zero attached hydrogens (tertiary/aromatic N) is 3. The zero-order chi connectivity index (χ0) is 14.0. The third kappa shape index (κ3) is 2.60. The summed E-state index contributed by atoms with van der Waals surface area (Å²) in [5.74, 6) is 0.821. The molecule has 0 saturated carbocycles. The third-order valence-corrected chi connectivity index (χ3v) is 4.80. The van der Waals surface area contributed by atoms with Crippen molar-refractivity contribution < 1.29 is 5.11 Å². The number of rotatable bonds is 3. The minimum atomic E-state index is -0.500. The first-order valence-corrected chi connectivity index (χ1v) is 8.26. The lowest BCUT2D eigenvalue weighted by atomic mass is 9.93. The predicted molar refractivity (Wildman–Crippen MR) is 84.3 cm³/mol. The molecule has 1 aliphatic rings. The summed E-state index contributed by atoms with van der Waals surface area (Å²) >= 11 is 1.72. The molecule has 20 heavy (non-hydrogen) atoms. The molecule has 1 fully saturated rings. The van der Waals surface area contributed by atoms with Crippen molar-refractivity contribution in [3.05, 3.63) is 30.7 Å². The van der Waals surface area contributed by atoms with Gasteiger partial charge in [-0.2, -0.15) is 11.8 Å². The first-order chi connectivity index (χ1) is 9.72. The van der Waals surface area contributed by atoms with Gasteiger partial charge >= 0.3 is 0 Å². The van der Waals surface area contributed by atoms with Gasteiger partial charge in [-0.25, -0.2) is 0 Å². The normalized spacial score (nSPS) is 18.4. The molecule has 2 aromatic rings. The summed E-state index contributed by atoms with van der Waals surface area (Å²) in [6, 6.07) is 4.07. The summed E-state index contributed by atoms with van der Waals surface area (Å²) in [7, 11) is 0. The van der Waals surface area contributed by atoms with E-state index in [0.29, 0.717) is 0 Å². The van der Waals surface area contributed by atoms with Crippen LogP contribution in [0.3, 0.4) is 0 Å². The largest absolute Gasteiger partial charge is 0.389 e. The van der Waals surface area contributed by atoms with Crippen molar-refractivity contribution in [2.24, 2.45) is 0 Å². The maximum absolute atomic E-state index is 10.5. The molecule has 106 valence electrons. The molecule has 2 aromatic heterocycles. The first-order valence-electron chi connectivity index (χ1n) is 6.87. The standard InChI is InChI=1S/C15H19N3OS/c1-20-11-15(19)4-8-18(9-5-15)14-3-7-17-13-10-16-6-2-12(13)14/h2-3,6-7,10,19H,4-5,8-9,11H2,1H3. The lowest BCUT2D eigenvalue weighted by Crippen LogP contribution is -2.46. The van der Waals surface area contributed by atoms with Crippen LogP contribution in [0, 0.1) is 0 Å². The monoisotopic (exact) mass is 289 g/mol. The highest BCUT2D eigenvalue weighted by Gasteiger charge is 2.32. The van der Waals surface area contributed by atoms with E-state index in [1.54, 1.807) is 18.0 Å². The van der Waals surface area contributed by atoms with Crippen LogP contribution in [0.2, 0.25) is 0 Å². The summed E-state index contributed by atoms with van der Waals surface area (Å²) in [6.45, 7) is 1.77. The number of hydrogen-bond acceptors (Lipinski definition) is 5. The van der Waals surface area contributed by atoms with Gasteiger partial charge in [0.25, 0.3) is 0 Å². The Hall–Kier alpha value is -1.33. The van der Waals surface area contributed by atoms with Crippen LogP contribution in [0.25, 0.3) is 10.9 Å². The fraction of sp³-hybridized carbons (Fsp3) is 0.467. The molecule has 0 atom stereocenters. The molecule has 3 rings (SSSR count). The number of aliphatic hydroxyl groups is 1. The highest BCUT2D eigenvalue weighted by atomic mass is 32.2. The van der Waals surface area contributed by atoms with E-state index in [1.807, 2.05) is 24.7 Å². The molecule has 0 aliphatic carbocycles. The number of fused-ring (bicyclic) bond motifs is 1. The highest BCUT2D eigenvalue weighted by molar-refractivity contribution is 7.98. The molecule has 0 spiro atoms. The van der Waals surface area contributed by atoms with E-state index in [9.17, 15) is 5.11 Å². The second kappa shape index (κ2) is 5.58. The van der Waals surface area contributed by atoms with Crippen LogP contribution in [0.1, 0.15) is 12.8 Å². The Labute approximate surface area is 123 Å². The predicted octanol–water partition coefficient (Wildman–Crippen LogP) is 2.32. The van der Waals surface area contributed by atoms with Crippen LogP contribution in [0.4, 0.5) is 5.69 Å². The molecule has 5 heteroatoms. The van der Waals surface area contributed by atoms with Crippen LogP contribution < -0.4 is 4.90 Å². The van der Waals surface area contributed by atoms with E-state index < -0.39 is 5.60 Å². The average Bonchev–Trinajstić information content (AvgIpc) is 2.48. The van der Waals surface area contributed by atoms with Crippen LogP contribution in [-0.4, -0.2) is 45.8 Å². The van der Waals surface area contributed by atoms with Gasteiger partial charge in [0, 0.05) is 42.3 Å². The molecule has 0 unspecified atom stereocenters. The SMILES string of the molecule is CSCC1(O)CCN(c2ccnc3cnccc23)CC1. The Morgan fingerprint density at radius 3 is 2.85 bits per heavy atom. The molecule has 0 radical (unpaired) electrons. The Morgan fingerprint density at radius 2 is 2.10 bits per heavy atom. The van der Waals surface area contributed by atoms with Gasteiger partial charge in [0.1, 0.15) is 0 Å². The van der Waals surface area contributed by atoms with Crippen molar-refractivity contribution in [3.8, 4) is 0 Å². The molecule has 0 aromatic carbocycles. The zero-order valence-corrected chi connectivity index (χ0v) is 12.4. The van der Waals surface area contributed by atoms with Gasteiger partial charge in [-0.1, -0.05) is 0 Å². The summed E-state index contributed by atoms with van der Waals surface area (Å²) in [5.41, 5.74) is 1.62. The van der Waals surface area contributed by atoms with Crippen LogP contribution in [-0.2, 0) is 0 Å². The molecular weight excluding hydrogens is 270 g/mol. The topological polar surface area (TPSA) is 49.2 Å². The number of hydrogen-bond donors (Lipinski definition) is 1. The molecule has 0 amide bonds. The van der Waals surface area contributed by atoms with Gasteiger partial charge in [-0.05, 0) is 31.2 Å². The lowest BCUT2D eigenvalue weighted by molar-refractivity contribution is 0.0401. The minimum absolute atomic E-state index is 0.500. The zero-order valence-electron chi connectivity index (χ0n) is 11.6. The molecule has 0 bridgehead atoms. The van der Waals surface area contributed by atoms with Gasteiger partial charge in [0.15, 0.2) is 0 Å². The Bertz CT molecular complexity index is 591. The smallest absolute Gasteiger partial charge is 0.0905 e. The van der Waals surface area contributed by atoms with Gasteiger partial charge in [0.05, 0.1) is 17.3 Å². The molecule has 4 nitrogen and oxygen atoms in total. The van der Waals surface area contributed by atoms with Crippen molar-refractivity contribution in [2.45, 2.75) is 18.4 Å². The van der Waals surface area contributed by atoms with E-state index >= 15 is 0 Å². The van der Waals surface area contributed by atoms with Crippen LogP contribution >= 0.6 is 11.8 Å².